The number of fused-ring (bicyclic) bond motifs is 1. The number of nitrogens with one attached hydrogen (secondary N) is 1. The molecule has 0 bridgehead atoms. The van der Waals surface area contributed by atoms with Crippen LogP contribution in [0.1, 0.15) is 25.0 Å². The number of hydrogen-bond acceptors (Lipinski definition) is 5. The number of halogens is 1. The van der Waals surface area contributed by atoms with Gasteiger partial charge in [0.05, 0.1) is 16.1 Å². The first-order valence-corrected chi connectivity index (χ1v) is 12.1. The van der Waals surface area contributed by atoms with Crippen LogP contribution in [0.2, 0.25) is 0 Å². The van der Waals surface area contributed by atoms with Crippen LogP contribution in [-0.4, -0.2) is 25.3 Å². The number of hydrogen-bond donors (Lipinski definition) is 2. The molecule has 3 aromatic carbocycles. The van der Waals surface area contributed by atoms with Crippen molar-refractivity contribution in [1.82, 2.24) is 0 Å². The number of aromatic hydroxyl groups is 1. The van der Waals surface area contributed by atoms with Crippen molar-refractivity contribution in [3.05, 3.63) is 82.3 Å². The topological polar surface area (TPSA) is 88.0 Å². The largest absolute Gasteiger partial charge is 0.506 e. The fourth-order valence-electron chi connectivity index (χ4n) is 3.17. The van der Waals surface area contributed by atoms with Crippen LogP contribution in [0.15, 0.2) is 81.1 Å². The monoisotopic (exact) mass is 512 g/mol. The summed E-state index contributed by atoms with van der Waals surface area (Å²) in [5.74, 6) is 0.714. The van der Waals surface area contributed by atoms with Gasteiger partial charge >= 0.3 is 0 Å². The van der Waals surface area contributed by atoms with Gasteiger partial charge in [-0.25, -0.2) is 8.42 Å². The number of aliphatic imine (C=N–C) groups is 1. The van der Waals surface area contributed by atoms with Crippen LogP contribution >= 0.6 is 15.9 Å². The van der Waals surface area contributed by atoms with Crippen molar-refractivity contribution in [2.75, 3.05) is 4.72 Å². The molecule has 2 N–H and O–H groups in total. The summed E-state index contributed by atoms with van der Waals surface area (Å²) < 4.78 is 34.2. The van der Waals surface area contributed by atoms with Gasteiger partial charge in [0, 0.05) is 21.9 Å². The molecule has 4 rings (SSSR count). The fraction of sp³-hybridized carbons (Fsp3) is 0.125. The minimum atomic E-state index is -3.70. The van der Waals surface area contributed by atoms with E-state index in [4.69, 9.17) is 4.74 Å². The third-order valence-corrected chi connectivity index (χ3v) is 6.68. The first-order chi connectivity index (χ1) is 15.1. The van der Waals surface area contributed by atoms with Crippen LogP contribution in [-0.2, 0) is 10.0 Å². The van der Waals surface area contributed by atoms with Crippen molar-refractivity contribution in [1.29, 1.82) is 0 Å². The zero-order chi connectivity index (χ0) is 22.9. The molecule has 0 aliphatic carbocycles. The van der Waals surface area contributed by atoms with Crippen molar-refractivity contribution < 1.29 is 18.3 Å². The van der Waals surface area contributed by atoms with Gasteiger partial charge in [0.2, 0.25) is 0 Å². The quantitative estimate of drug-likeness (QED) is 0.417. The van der Waals surface area contributed by atoms with Crippen molar-refractivity contribution >= 4 is 49.6 Å². The third-order valence-electron chi connectivity index (χ3n) is 4.81. The summed E-state index contributed by atoms with van der Waals surface area (Å²) >= 11 is 3.28. The Morgan fingerprint density at radius 3 is 2.56 bits per heavy atom. The lowest BCUT2D eigenvalue weighted by Crippen LogP contribution is -2.27. The van der Waals surface area contributed by atoms with E-state index in [1.807, 2.05) is 32.1 Å². The van der Waals surface area contributed by atoms with Crippen molar-refractivity contribution in [2.24, 2.45) is 4.99 Å². The summed E-state index contributed by atoms with van der Waals surface area (Å²) in [7, 11) is -3.70. The molecule has 0 saturated heterocycles. The van der Waals surface area contributed by atoms with E-state index in [1.165, 1.54) is 12.1 Å². The maximum atomic E-state index is 12.5. The van der Waals surface area contributed by atoms with Crippen LogP contribution < -0.4 is 9.46 Å². The smallest absolute Gasteiger partial charge is 0.261 e. The summed E-state index contributed by atoms with van der Waals surface area (Å²) in [5, 5.41) is 10.6. The Morgan fingerprint density at radius 2 is 1.84 bits per heavy atom. The summed E-state index contributed by atoms with van der Waals surface area (Å²) in [6.07, 6.45) is 5.30. The Bertz CT molecular complexity index is 1330. The zero-order valence-electron chi connectivity index (χ0n) is 17.4. The van der Waals surface area contributed by atoms with Crippen molar-refractivity contribution in [3.8, 4) is 11.5 Å². The Hall–Kier alpha value is -3.10. The Balaban J connectivity index is 1.50. The molecule has 0 unspecified atom stereocenters. The van der Waals surface area contributed by atoms with E-state index in [1.54, 1.807) is 48.7 Å². The number of nitrogens with zero attached hydrogens (tertiary/aromatic N) is 1. The third kappa shape index (κ3) is 4.87. The molecule has 1 aliphatic rings. The van der Waals surface area contributed by atoms with Gasteiger partial charge in [0.1, 0.15) is 17.1 Å². The van der Waals surface area contributed by atoms with E-state index in [0.29, 0.717) is 32.7 Å². The predicted octanol–water partition coefficient (Wildman–Crippen LogP) is 5.89. The molecule has 8 heteroatoms. The molecule has 3 aromatic rings. The highest BCUT2D eigenvalue weighted by Gasteiger charge is 2.24. The molecule has 1 aliphatic heterocycles. The summed E-state index contributed by atoms with van der Waals surface area (Å²) in [4.78, 5) is 4.55. The highest BCUT2D eigenvalue weighted by molar-refractivity contribution is 9.10. The fourth-order valence-corrected chi connectivity index (χ4v) is 4.82. The number of phenolic OH excluding ortho intramolecular Hbond substituents is 1. The number of phenols is 1. The number of benzene rings is 3. The molecular weight excluding hydrogens is 492 g/mol. The van der Waals surface area contributed by atoms with E-state index in [9.17, 15) is 13.5 Å². The van der Waals surface area contributed by atoms with Gasteiger partial charge in [-0.3, -0.25) is 9.71 Å². The molecular formula is C24H21BrN2O4S. The Kier molecular flexibility index (Phi) is 5.83. The van der Waals surface area contributed by atoms with E-state index >= 15 is 0 Å². The summed E-state index contributed by atoms with van der Waals surface area (Å²) in [6, 6.07) is 16.7. The minimum Gasteiger partial charge on any atom is -0.506 e. The second kappa shape index (κ2) is 8.44. The van der Waals surface area contributed by atoms with Gasteiger partial charge in [-0.1, -0.05) is 22.0 Å². The molecule has 164 valence electrons. The maximum absolute atomic E-state index is 12.5. The van der Waals surface area contributed by atoms with Crippen molar-refractivity contribution in [3.63, 3.8) is 0 Å². The summed E-state index contributed by atoms with van der Waals surface area (Å²) in [6.45, 7) is 3.89. The number of anilines is 1. The van der Waals surface area contributed by atoms with Gasteiger partial charge in [0.15, 0.2) is 0 Å². The molecule has 6 nitrogen and oxygen atoms in total. The van der Waals surface area contributed by atoms with Gasteiger partial charge < -0.3 is 9.84 Å². The molecule has 1 heterocycles. The lowest BCUT2D eigenvalue weighted by molar-refractivity contribution is 0.158. The highest BCUT2D eigenvalue weighted by atomic mass is 79.9. The second-order valence-corrected chi connectivity index (χ2v) is 10.4. The molecule has 0 radical (unpaired) electrons. The van der Waals surface area contributed by atoms with Crippen LogP contribution in [0.3, 0.4) is 0 Å². The second-order valence-electron chi connectivity index (χ2n) is 7.82. The normalized spacial score (nSPS) is 14.7. The first kappa shape index (κ1) is 22.1. The Labute approximate surface area is 195 Å². The first-order valence-electron chi connectivity index (χ1n) is 9.80. The average molecular weight is 513 g/mol. The predicted molar refractivity (Wildman–Crippen MR) is 130 cm³/mol. The average Bonchev–Trinajstić information content (AvgIpc) is 2.73. The number of rotatable bonds is 5. The lowest BCUT2D eigenvalue weighted by atomic mass is 10.00. The van der Waals surface area contributed by atoms with Crippen molar-refractivity contribution in [2.45, 2.75) is 24.3 Å². The maximum Gasteiger partial charge on any atom is 0.261 e. The molecule has 32 heavy (non-hydrogen) atoms. The summed E-state index contributed by atoms with van der Waals surface area (Å²) in [5.41, 5.74) is 1.78. The SMILES string of the molecule is CC1(C)C=Cc2c(ccc(C=Nc3ccc(NS(=O)(=O)c4cccc(Br)c4)cc3)c2O)O1. The van der Waals surface area contributed by atoms with Gasteiger partial charge in [0.25, 0.3) is 10.0 Å². The van der Waals surface area contributed by atoms with Crippen LogP contribution in [0, 0.1) is 0 Å². The lowest BCUT2D eigenvalue weighted by Gasteiger charge is -2.28. The molecule has 0 aromatic heterocycles. The number of ether oxygens (including phenoxy) is 1. The van der Waals surface area contributed by atoms with Gasteiger partial charge in [-0.15, -0.1) is 0 Å². The van der Waals surface area contributed by atoms with E-state index < -0.39 is 15.6 Å². The standard InChI is InChI=1S/C24H21BrN2O4S/c1-24(2)13-12-21-22(31-24)11-6-16(23(21)28)15-26-18-7-9-19(10-8-18)27-32(29,30)20-5-3-4-17(25)14-20/h3-15,27-28H,1-2H3. The van der Waals surface area contributed by atoms with Crippen LogP contribution in [0.25, 0.3) is 6.08 Å². The number of sulfonamides is 1. The molecule has 0 fully saturated rings. The molecule has 0 atom stereocenters. The van der Waals surface area contributed by atoms with Crippen LogP contribution in [0.5, 0.6) is 11.5 Å². The molecule has 0 spiro atoms. The minimum absolute atomic E-state index is 0.0939. The zero-order valence-corrected chi connectivity index (χ0v) is 19.8. The van der Waals surface area contributed by atoms with Gasteiger partial charge in [-0.05, 0) is 80.6 Å². The van der Waals surface area contributed by atoms with Gasteiger partial charge in [-0.2, -0.15) is 0 Å². The van der Waals surface area contributed by atoms with E-state index in [0.717, 1.165) is 0 Å². The van der Waals surface area contributed by atoms with Crippen LogP contribution in [0.4, 0.5) is 11.4 Å². The highest BCUT2D eigenvalue weighted by Crippen LogP contribution is 2.38. The molecule has 0 saturated carbocycles. The van der Waals surface area contributed by atoms with E-state index in [2.05, 4.69) is 25.6 Å². The molecule has 0 amide bonds. The van der Waals surface area contributed by atoms with E-state index in [-0.39, 0.29) is 10.6 Å². The Morgan fingerprint density at radius 1 is 1.09 bits per heavy atom.